The SMILES string of the molecule is CC1(C)C=C(CON2C(=O)c3ccccc3C2=O)C(C)(C)N1O. The first kappa shape index (κ1) is 15.9. The van der Waals surface area contributed by atoms with Crippen LogP contribution in [-0.2, 0) is 4.84 Å². The van der Waals surface area contributed by atoms with Crippen LogP contribution >= 0.6 is 0 Å². The van der Waals surface area contributed by atoms with E-state index < -0.39 is 22.9 Å². The van der Waals surface area contributed by atoms with E-state index in [-0.39, 0.29) is 6.61 Å². The smallest absolute Gasteiger partial charge is 0.285 e. The second-order valence-electron chi connectivity index (χ2n) is 6.92. The van der Waals surface area contributed by atoms with Crippen molar-refractivity contribution in [2.24, 2.45) is 0 Å². The highest BCUT2D eigenvalue weighted by Crippen LogP contribution is 2.38. The Morgan fingerprint density at radius 3 is 2.00 bits per heavy atom. The van der Waals surface area contributed by atoms with Crippen LogP contribution in [0.5, 0.6) is 0 Å². The van der Waals surface area contributed by atoms with Crippen molar-refractivity contribution in [2.45, 2.75) is 38.8 Å². The van der Waals surface area contributed by atoms with Gasteiger partial charge in [-0.15, -0.1) is 5.06 Å². The lowest BCUT2D eigenvalue weighted by molar-refractivity contribution is -0.188. The molecule has 0 fully saturated rings. The van der Waals surface area contributed by atoms with Crippen LogP contribution in [-0.4, -0.2) is 44.8 Å². The van der Waals surface area contributed by atoms with Gasteiger partial charge < -0.3 is 5.21 Å². The Morgan fingerprint density at radius 2 is 1.57 bits per heavy atom. The Hall–Kier alpha value is -2.02. The third-order valence-electron chi connectivity index (χ3n) is 4.49. The number of amides is 2. The second-order valence-corrected chi connectivity index (χ2v) is 6.92. The van der Waals surface area contributed by atoms with Gasteiger partial charge >= 0.3 is 0 Å². The average molecular weight is 316 g/mol. The maximum atomic E-state index is 12.3. The highest BCUT2D eigenvalue weighted by molar-refractivity contribution is 6.20. The predicted octanol–water partition coefficient (Wildman–Crippen LogP) is 2.40. The molecule has 0 bridgehead atoms. The van der Waals surface area contributed by atoms with Gasteiger partial charge in [0.2, 0.25) is 0 Å². The van der Waals surface area contributed by atoms with Crippen molar-refractivity contribution in [2.75, 3.05) is 6.61 Å². The van der Waals surface area contributed by atoms with Crippen molar-refractivity contribution in [1.29, 1.82) is 0 Å². The van der Waals surface area contributed by atoms with E-state index in [1.165, 1.54) is 5.06 Å². The van der Waals surface area contributed by atoms with Crippen LogP contribution in [0.15, 0.2) is 35.9 Å². The van der Waals surface area contributed by atoms with E-state index in [0.29, 0.717) is 11.1 Å². The fourth-order valence-electron chi connectivity index (χ4n) is 3.16. The number of nitrogens with zero attached hydrogens (tertiary/aromatic N) is 2. The normalized spacial score (nSPS) is 22.5. The largest absolute Gasteiger partial charge is 0.312 e. The van der Waals surface area contributed by atoms with Crippen LogP contribution in [0.1, 0.15) is 48.4 Å². The molecular formula is C17H20N2O4. The van der Waals surface area contributed by atoms with E-state index in [2.05, 4.69) is 0 Å². The number of rotatable bonds is 3. The van der Waals surface area contributed by atoms with Crippen LogP contribution in [0.4, 0.5) is 0 Å². The number of benzene rings is 1. The number of hydrogen-bond acceptors (Lipinski definition) is 5. The van der Waals surface area contributed by atoms with E-state index in [0.717, 1.165) is 10.6 Å². The van der Waals surface area contributed by atoms with Gasteiger partial charge in [0, 0.05) is 0 Å². The molecule has 0 aromatic heterocycles. The molecule has 1 aromatic carbocycles. The lowest BCUT2D eigenvalue weighted by atomic mass is 9.97. The first-order chi connectivity index (χ1) is 10.7. The standard InChI is InChI=1S/C17H20N2O4/c1-16(2)9-11(17(3,4)19(16)22)10-23-18-14(20)12-7-5-6-8-13(12)15(18)21/h5-9,22H,10H2,1-4H3. The molecule has 3 rings (SSSR count). The van der Waals surface area contributed by atoms with Gasteiger partial charge in [-0.25, -0.2) is 0 Å². The molecule has 0 aliphatic carbocycles. The van der Waals surface area contributed by atoms with Crippen molar-refractivity contribution >= 4 is 11.8 Å². The fraction of sp³-hybridized carbons (Fsp3) is 0.412. The van der Waals surface area contributed by atoms with Crippen molar-refractivity contribution in [3.63, 3.8) is 0 Å². The molecule has 2 aliphatic rings. The van der Waals surface area contributed by atoms with E-state index >= 15 is 0 Å². The summed E-state index contributed by atoms with van der Waals surface area (Å²) < 4.78 is 0. The van der Waals surface area contributed by atoms with Gasteiger partial charge in [-0.05, 0) is 45.4 Å². The van der Waals surface area contributed by atoms with Gasteiger partial charge in [0.15, 0.2) is 0 Å². The van der Waals surface area contributed by atoms with Gasteiger partial charge in [0.25, 0.3) is 11.8 Å². The topological polar surface area (TPSA) is 70.1 Å². The predicted molar refractivity (Wildman–Crippen MR) is 82.8 cm³/mol. The van der Waals surface area contributed by atoms with Crippen LogP contribution in [0.3, 0.4) is 0 Å². The number of hydrogen-bond donors (Lipinski definition) is 1. The number of hydroxylamine groups is 4. The van der Waals surface area contributed by atoms with Gasteiger partial charge in [-0.3, -0.25) is 14.4 Å². The summed E-state index contributed by atoms with van der Waals surface area (Å²) in [7, 11) is 0. The first-order valence-electron chi connectivity index (χ1n) is 7.48. The van der Waals surface area contributed by atoms with Crippen LogP contribution in [0, 0.1) is 0 Å². The summed E-state index contributed by atoms with van der Waals surface area (Å²) in [6.07, 6.45) is 1.89. The van der Waals surface area contributed by atoms with Crippen molar-refractivity contribution in [1.82, 2.24) is 10.1 Å². The van der Waals surface area contributed by atoms with Crippen LogP contribution in [0.25, 0.3) is 0 Å². The second kappa shape index (κ2) is 4.99. The average Bonchev–Trinajstić information content (AvgIpc) is 2.83. The molecule has 0 radical (unpaired) electrons. The summed E-state index contributed by atoms with van der Waals surface area (Å²) in [5, 5.41) is 12.3. The third-order valence-corrected chi connectivity index (χ3v) is 4.49. The van der Waals surface area contributed by atoms with Crippen molar-refractivity contribution in [3.05, 3.63) is 47.0 Å². The molecule has 0 unspecified atom stereocenters. The Morgan fingerprint density at radius 1 is 1.04 bits per heavy atom. The van der Waals surface area contributed by atoms with Gasteiger partial charge in [-0.2, -0.15) is 5.06 Å². The Balaban J connectivity index is 1.78. The summed E-state index contributed by atoms with van der Waals surface area (Å²) >= 11 is 0. The number of fused-ring (bicyclic) bond motifs is 1. The molecule has 0 atom stereocenters. The van der Waals surface area contributed by atoms with Crippen LogP contribution < -0.4 is 0 Å². The molecule has 2 aliphatic heterocycles. The van der Waals surface area contributed by atoms with E-state index in [1.807, 2.05) is 33.8 Å². The fourth-order valence-corrected chi connectivity index (χ4v) is 3.16. The Bertz CT molecular complexity index is 686. The molecule has 1 aromatic rings. The molecular weight excluding hydrogens is 296 g/mol. The minimum atomic E-state index is -0.637. The summed E-state index contributed by atoms with van der Waals surface area (Å²) in [4.78, 5) is 30.0. The maximum absolute atomic E-state index is 12.3. The minimum Gasteiger partial charge on any atom is -0.312 e. The van der Waals surface area contributed by atoms with Crippen LogP contribution in [0.2, 0.25) is 0 Å². The number of carbonyl (C=O) groups is 2. The van der Waals surface area contributed by atoms with E-state index in [9.17, 15) is 14.8 Å². The van der Waals surface area contributed by atoms with E-state index in [1.54, 1.807) is 24.3 Å². The Kier molecular flexibility index (Phi) is 3.44. The molecule has 2 amide bonds. The zero-order chi connectivity index (χ0) is 17.0. The maximum Gasteiger partial charge on any atom is 0.285 e. The first-order valence-corrected chi connectivity index (χ1v) is 7.48. The van der Waals surface area contributed by atoms with Gasteiger partial charge in [-0.1, -0.05) is 18.2 Å². The quantitative estimate of drug-likeness (QED) is 0.685. The zero-order valence-electron chi connectivity index (χ0n) is 13.7. The highest BCUT2D eigenvalue weighted by Gasteiger charge is 2.46. The molecule has 23 heavy (non-hydrogen) atoms. The van der Waals surface area contributed by atoms with Gasteiger partial charge in [0.1, 0.15) is 0 Å². The molecule has 0 spiro atoms. The lowest BCUT2D eigenvalue weighted by Crippen LogP contribution is -2.48. The molecule has 0 saturated heterocycles. The highest BCUT2D eigenvalue weighted by atomic mass is 16.7. The molecule has 122 valence electrons. The summed E-state index contributed by atoms with van der Waals surface area (Å²) in [6.45, 7) is 7.53. The summed E-state index contributed by atoms with van der Waals surface area (Å²) in [5.41, 5.74) is 0.330. The van der Waals surface area contributed by atoms with Crippen molar-refractivity contribution < 1.29 is 19.6 Å². The Labute approximate surface area is 134 Å². The lowest BCUT2D eigenvalue weighted by Gasteiger charge is -2.36. The number of imide groups is 1. The minimum absolute atomic E-state index is 0.0545. The zero-order valence-corrected chi connectivity index (χ0v) is 13.7. The molecule has 1 N–H and O–H groups in total. The van der Waals surface area contributed by atoms with Crippen molar-refractivity contribution in [3.8, 4) is 0 Å². The number of carbonyl (C=O) groups excluding carboxylic acids is 2. The molecule has 6 heteroatoms. The molecule has 6 nitrogen and oxygen atoms in total. The summed E-state index contributed by atoms with van der Waals surface area (Å²) in [6, 6.07) is 6.64. The van der Waals surface area contributed by atoms with E-state index in [4.69, 9.17) is 4.84 Å². The third kappa shape index (κ3) is 2.30. The molecule has 2 heterocycles. The molecule has 0 saturated carbocycles. The monoisotopic (exact) mass is 316 g/mol. The van der Waals surface area contributed by atoms with Gasteiger partial charge in [0.05, 0.1) is 28.8 Å². The summed E-state index contributed by atoms with van der Waals surface area (Å²) in [5.74, 6) is -0.913.